The summed E-state index contributed by atoms with van der Waals surface area (Å²) in [5, 5.41) is 7.52. The van der Waals surface area contributed by atoms with Crippen LogP contribution in [-0.4, -0.2) is 31.8 Å². The Labute approximate surface area is 203 Å². The molecule has 0 aromatic carbocycles. The molecule has 0 fully saturated rings. The van der Waals surface area contributed by atoms with Crippen molar-refractivity contribution in [3.63, 3.8) is 0 Å². The molecule has 2 aliphatic carbocycles. The van der Waals surface area contributed by atoms with E-state index in [0.717, 1.165) is 59.0 Å². The number of hydrogen-bond acceptors (Lipinski definition) is 8. The summed E-state index contributed by atoms with van der Waals surface area (Å²) in [7, 11) is 0. The molecule has 10 heteroatoms. The van der Waals surface area contributed by atoms with Gasteiger partial charge in [0.05, 0.1) is 10.8 Å². The summed E-state index contributed by atoms with van der Waals surface area (Å²) in [6.45, 7) is 0. The molecule has 4 heterocycles. The number of fused-ring (bicyclic) bond motifs is 6. The summed E-state index contributed by atoms with van der Waals surface area (Å²) in [6.07, 6.45) is 14.1. The Kier molecular flexibility index (Phi) is 5.54. The first kappa shape index (κ1) is 21.3. The van der Waals surface area contributed by atoms with Gasteiger partial charge in [-0.05, 0) is 62.5 Å². The molecule has 8 nitrogen and oxygen atoms in total. The van der Waals surface area contributed by atoms with Gasteiger partial charge in [0.2, 0.25) is 11.8 Å². The van der Waals surface area contributed by atoms with Gasteiger partial charge in [0.15, 0.2) is 0 Å². The lowest BCUT2D eigenvalue weighted by Crippen LogP contribution is -2.14. The maximum absolute atomic E-state index is 12.6. The van der Waals surface area contributed by atoms with Crippen LogP contribution >= 0.6 is 22.7 Å². The highest BCUT2D eigenvalue weighted by Crippen LogP contribution is 2.39. The molecule has 4 aromatic rings. The summed E-state index contributed by atoms with van der Waals surface area (Å²) < 4.78 is 0. The SMILES string of the molecule is O=C(/C=C/C(=O)Nc1ncnc2sc3c(c12)CCCC3)Nc1ncnc2sc3c(c12)CCCC3. The summed E-state index contributed by atoms with van der Waals surface area (Å²) in [4.78, 5) is 47.1. The van der Waals surface area contributed by atoms with Crippen molar-refractivity contribution in [2.45, 2.75) is 51.4 Å². The van der Waals surface area contributed by atoms with Crippen LogP contribution in [0.4, 0.5) is 11.6 Å². The summed E-state index contributed by atoms with van der Waals surface area (Å²) in [6, 6.07) is 0. The van der Waals surface area contributed by atoms with E-state index in [1.807, 2.05) is 0 Å². The number of aryl methyl sites for hydroxylation is 4. The first-order chi connectivity index (χ1) is 16.7. The van der Waals surface area contributed by atoms with Gasteiger partial charge in [-0.25, -0.2) is 19.9 Å². The smallest absolute Gasteiger partial charge is 0.249 e. The number of rotatable bonds is 4. The quantitative estimate of drug-likeness (QED) is 0.405. The summed E-state index contributed by atoms with van der Waals surface area (Å²) in [5.41, 5.74) is 2.49. The Balaban J connectivity index is 1.19. The molecule has 0 saturated carbocycles. The third-order valence-electron chi connectivity index (χ3n) is 6.37. The van der Waals surface area contributed by atoms with Gasteiger partial charge in [-0.3, -0.25) is 9.59 Å². The molecule has 0 aliphatic heterocycles. The predicted molar refractivity (Wildman–Crippen MR) is 135 cm³/mol. The second kappa shape index (κ2) is 8.84. The van der Waals surface area contributed by atoms with Crippen molar-refractivity contribution in [1.29, 1.82) is 0 Å². The molecule has 0 bridgehead atoms. The number of carbonyl (C=O) groups is 2. The zero-order chi connectivity index (χ0) is 23.1. The molecule has 0 radical (unpaired) electrons. The van der Waals surface area contributed by atoms with Gasteiger partial charge in [-0.15, -0.1) is 22.7 Å². The molecule has 2 aliphatic rings. The highest BCUT2D eigenvalue weighted by atomic mass is 32.1. The fourth-order valence-corrected chi connectivity index (χ4v) is 7.30. The highest BCUT2D eigenvalue weighted by molar-refractivity contribution is 7.19. The Morgan fingerprint density at radius 1 is 0.676 bits per heavy atom. The third kappa shape index (κ3) is 3.86. The number of thiophene rings is 2. The maximum Gasteiger partial charge on any atom is 0.249 e. The second-order valence-electron chi connectivity index (χ2n) is 8.54. The lowest BCUT2D eigenvalue weighted by atomic mass is 9.97. The number of aromatic nitrogens is 4. The Hall–Kier alpha value is -3.24. The molecule has 0 spiro atoms. The van der Waals surface area contributed by atoms with E-state index in [9.17, 15) is 9.59 Å². The lowest BCUT2D eigenvalue weighted by molar-refractivity contribution is -0.114. The van der Waals surface area contributed by atoms with E-state index in [1.54, 1.807) is 22.7 Å². The van der Waals surface area contributed by atoms with E-state index in [-0.39, 0.29) is 0 Å². The minimum absolute atomic E-state index is 0.411. The lowest BCUT2D eigenvalue weighted by Gasteiger charge is -2.11. The van der Waals surface area contributed by atoms with Gasteiger partial charge in [0.25, 0.3) is 0 Å². The molecule has 4 aromatic heterocycles. The van der Waals surface area contributed by atoms with E-state index >= 15 is 0 Å². The molecule has 0 unspecified atom stereocenters. The van der Waals surface area contributed by atoms with E-state index in [1.165, 1.54) is 58.5 Å². The van der Waals surface area contributed by atoms with Crippen molar-refractivity contribution >= 4 is 66.6 Å². The van der Waals surface area contributed by atoms with Gasteiger partial charge in [0.1, 0.15) is 34.0 Å². The van der Waals surface area contributed by atoms with Gasteiger partial charge in [-0.2, -0.15) is 0 Å². The summed E-state index contributed by atoms with van der Waals surface area (Å²) in [5.74, 6) is 0.182. The van der Waals surface area contributed by atoms with Gasteiger partial charge < -0.3 is 10.6 Å². The molecule has 2 amide bonds. The molecular weight excluding hydrogens is 468 g/mol. The number of carbonyl (C=O) groups excluding carboxylic acids is 2. The van der Waals surface area contributed by atoms with Gasteiger partial charge >= 0.3 is 0 Å². The minimum Gasteiger partial charge on any atom is -0.306 e. The third-order valence-corrected chi connectivity index (χ3v) is 8.77. The Morgan fingerprint density at radius 3 is 1.59 bits per heavy atom. The standard InChI is InChI=1S/C24H22N6O2S2/c31-17(29-21-19-13-5-1-3-7-15(13)33-23(19)27-11-25-21)9-10-18(32)30-22-20-14-6-2-4-8-16(14)34-24(20)28-12-26-22/h9-12H,1-8H2,(H,25,27,29,31)(H,26,28,30,32)/b10-9+. The zero-order valence-corrected chi connectivity index (χ0v) is 20.0. The summed E-state index contributed by atoms with van der Waals surface area (Å²) >= 11 is 3.35. The number of amides is 2. The monoisotopic (exact) mass is 490 g/mol. The molecule has 0 atom stereocenters. The van der Waals surface area contributed by atoms with E-state index in [0.29, 0.717) is 11.6 Å². The Morgan fingerprint density at radius 2 is 1.12 bits per heavy atom. The first-order valence-corrected chi connectivity index (χ1v) is 13.1. The van der Waals surface area contributed by atoms with Gasteiger partial charge in [-0.1, -0.05) is 0 Å². The Bertz CT molecular complexity index is 1360. The van der Waals surface area contributed by atoms with Crippen LogP contribution in [0.1, 0.15) is 46.6 Å². The van der Waals surface area contributed by atoms with Crippen molar-refractivity contribution in [1.82, 2.24) is 19.9 Å². The fraction of sp³-hybridized carbons (Fsp3) is 0.333. The normalized spacial score (nSPS) is 15.4. The van der Waals surface area contributed by atoms with Crippen molar-refractivity contribution in [2.24, 2.45) is 0 Å². The van der Waals surface area contributed by atoms with Crippen LogP contribution in [-0.2, 0) is 35.3 Å². The van der Waals surface area contributed by atoms with Gasteiger partial charge in [0, 0.05) is 21.9 Å². The topological polar surface area (TPSA) is 110 Å². The van der Waals surface area contributed by atoms with E-state index in [2.05, 4.69) is 30.6 Å². The van der Waals surface area contributed by atoms with Crippen molar-refractivity contribution in [2.75, 3.05) is 10.6 Å². The molecule has 34 heavy (non-hydrogen) atoms. The second-order valence-corrected chi connectivity index (χ2v) is 10.7. The van der Waals surface area contributed by atoms with Crippen LogP contribution in [0.3, 0.4) is 0 Å². The van der Waals surface area contributed by atoms with Crippen LogP contribution in [0.15, 0.2) is 24.8 Å². The molecule has 6 rings (SSSR count). The van der Waals surface area contributed by atoms with Crippen LogP contribution in [0.25, 0.3) is 20.4 Å². The number of nitrogens with zero attached hydrogens (tertiary/aromatic N) is 4. The number of nitrogens with one attached hydrogen (secondary N) is 2. The van der Waals surface area contributed by atoms with E-state index in [4.69, 9.17) is 0 Å². The maximum atomic E-state index is 12.6. The van der Waals surface area contributed by atoms with Crippen LogP contribution in [0.2, 0.25) is 0 Å². The van der Waals surface area contributed by atoms with Crippen LogP contribution in [0.5, 0.6) is 0 Å². The number of anilines is 2. The minimum atomic E-state index is -0.411. The van der Waals surface area contributed by atoms with Crippen molar-refractivity contribution in [3.8, 4) is 0 Å². The van der Waals surface area contributed by atoms with E-state index < -0.39 is 11.8 Å². The molecule has 2 N–H and O–H groups in total. The van der Waals surface area contributed by atoms with Crippen molar-refractivity contribution in [3.05, 3.63) is 45.7 Å². The zero-order valence-electron chi connectivity index (χ0n) is 18.4. The highest BCUT2D eigenvalue weighted by Gasteiger charge is 2.22. The first-order valence-electron chi connectivity index (χ1n) is 11.5. The fourth-order valence-electron chi connectivity index (χ4n) is 4.84. The molecule has 0 saturated heterocycles. The van der Waals surface area contributed by atoms with Crippen LogP contribution in [0, 0.1) is 0 Å². The largest absolute Gasteiger partial charge is 0.306 e. The van der Waals surface area contributed by atoms with Crippen LogP contribution < -0.4 is 10.6 Å². The predicted octanol–water partition coefficient (Wildman–Crippen LogP) is 4.59. The average molecular weight is 491 g/mol. The molecule has 172 valence electrons. The average Bonchev–Trinajstić information content (AvgIpc) is 3.42. The number of hydrogen-bond donors (Lipinski definition) is 2. The van der Waals surface area contributed by atoms with Crippen molar-refractivity contribution < 1.29 is 9.59 Å². The molecular formula is C24H22N6O2S2.